The molecule has 1 aliphatic rings. The van der Waals surface area contributed by atoms with E-state index >= 15 is 0 Å². The fourth-order valence-corrected chi connectivity index (χ4v) is 5.55. The Morgan fingerprint density at radius 1 is 1.29 bits per heavy atom. The van der Waals surface area contributed by atoms with Gasteiger partial charge < -0.3 is 10.4 Å². The van der Waals surface area contributed by atoms with Crippen LogP contribution in [0, 0.1) is 17.6 Å². The zero-order valence-corrected chi connectivity index (χ0v) is 17.1. The molecule has 0 radical (unpaired) electrons. The summed E-state index contributed by atoms with van der Waals surface area (Å²) in [6.07, 6.45) is 1.10. The molecule has 0 aromatic heterocycles. The number of benzene rings is 2. The number of carbonyl (C=O) groups is 1. The molecule has 0 aliphatic carbocycles. The van der Waals surface area contributed by atoms with Gasteiger partial charge in [0.05, 0.1) is 15.7 Å². The molecular weight excluding hydrogens is 417 g/mol. The van der Waals surface area contributed by atoms with Gasteiger partial charge in [-0.3, -0.25) is 4.79 Å². The SMILES string of the molecule is C=CC(=O)NC1=NC(c2ccc(C)cc2)=CS1(C#N)c1cc(Cl)c(O)c(Cl)c1. The number of hydrogen-bond donors (Lipinski definition) is 2. The number of rotatable bonds is 3. The van der Waals surface area contributed by atoms with Gasteiger partial charge in [0.2, 0.25) is 5.91 Å². The molecule has 0 saturated heterocycles. The molecule has 2 aromatic rings. The van der Waals surface area contributed by atoms with Crippen LogP contribution in [-0.2, 0) is 4.79 Å². The summed E-state index contributed by atoms with van der Waals surface area (Å²) in [6.45, 7) is 5.41. The van der Waals surface area contributed by atoms with Gasteiger partial charge in [0, 0.05) is 15.9 Å². The minimum absolute atomic E-state index is 0.0104. The van der Waals surface area contributed by atoms with E-state index in [0.29, 0.717) is 10.6 Å². The highest BCUT2D eigenvalue weighted by molar-refractivity contribution is 8.51. The molecule has 1 heterocycles. The van der Waals surface area contributed by atoms with Crippen LogP contribution in [0.3, 0.4) is 0 Å². The lowest BCUT2D eigenvalue weighted by atomic mass is 10.1. The molecule has 1 unspecified atom stereocenters. The fourth-order valence-electron chi connectivity index (χ4n) is 2.58. The second-order valence-corrected chi connectivity index (χ2v) is 9.38. The van der Waals surface area contributed by atoms with Crippen LogP contribution >= 0.6 is 33.2 Å². The fraction of sp³-hybridized carbons (Fsp3) is 0.0500. The summed E-state index contributed by atoms with van der Waals surface area (Å²) in [6, 6.07) is 10.6. The largest absolute Gasteiger partial charge is 0.505 e. The monoisotopic (exact) mass is 431 g/mol. The molecule has 0 saturated carbocycles. The minimum Gasteiger partial charge on any atom is -0.505 e. The first kappa shape index (κ1) is 20.0. The third-order valence-corrected chi connectivity index (χ3v) is 7.31. The lowest BCUT2D eigenvalue weighted by Gasteiger charge is -2.27. The number of carbonyl (C=O) groups excluding carboxylic acids is 1. The van der Waals surface area contributed by atoms with Gasteiger partial charge in [-0.2, -0.15) is 5.26 Å². The van der Waals surface area contributed by atoms with Gasteiger partial charge in [0.1, 0.15) is 5.40 Å². The Balaban J connectivity index is 2.22. The molecule has 28 heavy (non-hydrogen) atoms. The summed E-state index contributed by atoms with van der Waals surface area (Å²) >= 11 is 12.1. The van der Waals surface area contributed by atoms with Crippen molar-refractivity contribution in [3.8, 4) is 11.2 Å². The maximum Gasteiger partial charge on any atom is 0.249 e. The van der Waals surface area contributed by atoms with Gasteiger partial charge in [-0.1, -0.05) is 59.6 Å². The first-order chi connectivity index (χ1) is 13.3. The Labute approximate surface area is 173 Å². The van der Waals surface area contributed by atoms with E-state index < -0.39 is 15.9 Å². The molecule has 0 fully saturated rings. The number of phenols is 1. The summed E-state index contributed by atoms with van der Waals surface area (Å²) < 4.78 is 0. The molecule has 1 amide bonds. The predicted molar refractivity (Wildman–Crippen MR) is 115 cm³/mol. The quantitative estimate of drug-likeness (QED) is 0.508. The first-order valence-electron chi connectivity index (χ1n) is 8.04. The summed E-state index contributed by atoms with van der Waals surface area (Å²) in [5.74, 6) is -0.755. The second-order valence-electron chi connectivity index (χ2n) is 5.97. The van der Waals surface area contributed by atoms with E-state index in [1.807, 2.05) is 31.2 Å². The van der Waals surface area contributed by atoms with Crippen LogP contribution in [-0.4, -0.2) is 16.2 Å². The molecule has 8 heteroatoms. The molecule has 0 bridgehead atoms. The first-order valence-corrected chi connectivity index (χ1v) is 10.5. The van der Waals surface area contributed by atoms with Gasteiger partial charge in [-0.05, 0) is 35.2 Å². The van der Waals surface area contributed by atoms with Gasteiger partial charge in [0.15, 0.2) is 10.9 Å². The Morgan fingerprint density at radius 2 is 1.89 bits per heavy atom. The van der Waals surface area contributed by atoms with Crippen molar-refractivity contribution in [1.29, 1.82) is 5.26 Å². The van der Waals surface area contributed by atoms with Crippen molar-refractivity contribution in [2.75, 3.05) is 0 Å². The average molecular weight is 432 g/mol. The van der Waals surface area contributed by atoms with Crippen LogP contribution in [0.4, 0.5) is 0 Å². The number of aliphatic imine (C=N–C) groups is 1. The number of amides is 1. The summed E-state index contributed by atoms with van der Waals surface area (Å²) in [5.41, 5.74) is 2.44. The van der Waals surface area contributed by atoms with Crippen LogP contribution in [0.2, 0.25) is 10.0 Å². The van der Waals surface area contributed by atoms with Crippen LogP contribution in [0.25, 0.3) is 5.70 Å². The number of hydrogen-bond acceptors (Lipinski definition) is 4. The Hall–Kier alpha value is -2.72. The lowest BCUT2D eigenvalue weighted by Crippen LogP contribution is -2.30. The number of aromatic hydroxyl groups is 1. The van der Waals surface area contributed by atoms with Crippen molar-refractivity contribution >= 4 is 50.0 Å². The molecule has 1 aliphatic heterocycles. The molecule has 142 valence electrons. The zero-order chi connectivity index (χ0) is 20.5. The summed E-state index contributed by atoms with van der Waals surface area (Å²) in [5, 5.41) is 26.8. The Bertz CT molecular complexity index is 1060. The zero-order valence-electron chi connectivity index (χ0n) is 14.7. The van der Waals surface area contributed by atoms with Crippen molar-refractivity contribution in [1.82, 2.24) is 5.32 Å². The predicted octanol–water partition coefficient (Wildman–Crippen LogP) is 5.32. The number of nitrogens with zero attached hydrogens (tertiary/aromatic N) is 2. The maximum atomic E-state index is 12.0. The number of aryl methyl sites for hydroxylation is 1. The summed E-state index contributed by atoms with van der Waals surface area (Å²) in [7, 11) is -2.56. The molecule has 1 atom stereocenters. The average Bonchev–Trinajstić information content (AvgIpc) is 3.05. The van der Waals surface area contributed by atoms with Gasteiger partial charge in [-0.15, -0.1) is 0 Å². The van der Waals surface area contributed by atoms with Gasteiger partial charge in [-0.25, -0.2) is 4.99 Å². The molecule has 2 N–H and O–H groups in total. The van der Waals surface area contributed by atoms with Crippen LogP contribution < -0.4 is 5.32 Å². The molecule has 3 rings (SSSR count). The smallest absolute Gasteiger partial charge is 0.249 e. The third-order valence-electron chi connectivity index (χ3n) is 4.08. The van der Waals surface area contributed by atoms with E-state index in [9.17, 15) is 15.2 Å². The van der Waals surface area contributed by atoms with Gasteiger partial charge >= 0.3 is 0 Å². The number of amidine groups is 1. The number of nitrogens with one attached hydrogen (secondary N) is 1. The number of nitriles is 1. The molecule has 2 aromatic carbocycles. The molecule has 5 nitrogen and oxygen atoms in total. The van der Waals surface area contributed by atoms with E-state index in [2.05, 4.69) is 22.3 Å². The van der Waals surface area contributed by atoms with Crippen molar-refractivity contribution in [3.05, 3.63) is 75.6 Å². The Kier molecular flexibility index (Phi) is 5.52. The van der Waals surface area contributed by atoms with Crippen molar-refractivity contribution < 1.29 is 9.90 Å². The molecular formula is C20H15Cl2N3O2S. The van der Waals surface area contributed by atoms with E-state index in [-0.39, 0.29) is 21.0 Å². The van der Waals surface area contributed by atoms with Gasteiger partial charge in [0.25, 0.3) is 0 Å². The van der Waals surface area contributed by atoms with Crippen molar-refractivity contribution in [2.45, 2.75) is 11.8 Å². The lowest BCUT2D eigenvalue weighted by molar-refractivity contribution is -0.115. The van der Waals surface area contributed by atoms with Crippen molar-refractivity contribution in [2.24, 2.45) is 4.99 Å². The highest BCUT2D eigenvalue weighted by Gasteiger charge is 2.38. The molecule has 0 spiro atoms. The van der Waals surface area contributed by atoms with Crippen LogP contribution in [0.15, 0.2) is 64.3 Å². The van der Waals surface area contributed by atoms with Crippen molar-refractivity contribution in [3.63, 3.8) is 0 Å². The third kappa shape index (κ3) is 3.52. The maximum absolute atomic E-state index is 12.0. The normalized spacial score (nSPS) is 20.4. The van der Waals surface area contributed by atoms with Crippen LogP contribution in [0.1, 0.15) is 11.1 Å². The van der Waals surface area contributed by atoms with E-state index in [1.165, 1.54) is 12.1 Å². The second kappa shape index (κ2) is 7.72. The summed E-state index contributed by atoms with van der Waals surface area (Å²) in [4.78, 5) is 16.9. The highest BCUT2D eigenvalue weighted by Crippen LogP contribution is 2.63. The number of halogens is 2. The van der Waals surface area contributed by atoms with E-state index in [1.54, 1.807) is 5.41 Å². The minimum atomic E-state index is -2.56. The van der Waals surface area contributed by atoms with E-state index in [0.717, 1.165) is 17.2 Å². The number of thiocyanates is 1. The highest BCUT2D eigenvalue weighted by atomic mass is 35.5. The Morgan fingerprint density at radius 3 is 2.43 bits per heavy atom. The standard InChI is InChI=1S/C20H15Cl2N3O2S/c1-3-18(26)25-20-24-17(13-6-4-12(2)5-7-13)10-28(20,11-23)14-8-15(21)19(27)16(22)9-14/h3-10,27H,1H2,2H3,(H,24,25,26). The topological polar surface area (TPSA) is 85.5 Å². The van der Waals surface area contributed by atoms with Crippen LogP contribution in [0.5, 0.6) is 5.75 Å². The van der Waals surface area contributed by atoms with E-state index in [4.69, 9.17) is 23.2 Å². The number of phenolic OH excluding ortho intramolecular Hbond substituents is 1.